The Labute approximate surface area is 207 Å². The van der Waals surface area contributed by atoms with Crippen LogP contribution in [0.3, 0.4) is 0 Å². The first-order valence-electron chi connectivity index (χ1n) is 12.2. The number of hydrogen-bond donors (Lipinski definition) is 1. The molecule has 0 amide bonds. The molecule has 2 aliphatic heterocycles. The first kappa shape index (κ1) is 26.8. The molecule has 1 N–H and O–H groups in total. The van der Waals surface area contributed by atoms with Crippen molar-refractivity contribution in [1.82, 2.24) is 4.98 Å². The van der Waals surface area contributed by atoms with Crippen LogP contribution in [-0.2, 0) is 19.1 Å². The molecule has 3 heterocycles. The summed E-state index contributed by atoms with van der Waals surface area (Å²) in [6.07, 6.45) is 7.66. The van der Waals surface area contributed by atoms with Crippen LogP contribution in [0.15, 0.2) is 23.1 Å². The van der Waals surface area contributed by atoms with Gasteiger partial charge >= 0.3 is 5.97 Å². The van der Waals surface area contributed by atoms with Gasteiger partial charge in [0.1, 0.15) is 17.5 Å². The molecule has 0 bridgehead atoms. The van der Waals surface area contributed by atoms with Gasteiger partial charge in [-0.05, 0) is 65.0 Å². The molecular weight excluding hydrogens is 450 g/mol. The molecule has 1 saturated heterocycles. The summed E-state index contributed by atoms with van der Waals surface area (Å²) in [6, 6.07) is 0. The minimum Gasteiger partial charge on any atom is -0.454 e. The fraction of sp³-hybridized carbons (Fsp3) is 0.667. The average molecular weight is 490 g/mol. The van der Waals surface area contributed by atoms with Crippen LogP contribution in [-0.4, -0.2) is 39.3 Å². The van der Waals surface area contributed by atoms with Gasteiger partial charge in [0.25, 0.3) is 0 Å². The summed E-state index contributed by atoms with van der Waals surface area (Å²) in [6.45, 7) is 13.5. The number of aryl methyl sites for hydroxylation is 1. The van der Waals surface area contributed by atoms with Crippen molar-refractivity contribution in [2.75, 3.05) is 0 Å². The number of esters is 1. The van der Waals surface area contributed by atoms with E-state index in [1.807, 2.05) is 53.0 Å². The quantitative estimate of drug-likeness (QED) is 0.428. The number of epoxide rings is 1. The van der Waals surface area contributed by atoms with Crippen molar-refractivity contribution >= 4 is 29.2 Å². The van der Waals surface area contributed by atoms with Crippen molar-refractivity contribution < 1.29 is 24.2 Å². The van der Waals surface area contributed by atoms with Crippen LogP contribution >= 0.6 is 11.3 Å². The summed E-state index contributed by atoms with van der Waals surface area (Å²) >= 11 is 1.55. The van der Waals surface area contributed by atoms with E-state index in [9.17, 15) is 14.7 Å². The number of carbonyl (C=O) groups excluding carboxylic acids is 2. The van der Waals surface area contributed by atoms with Gasteiger partial charge < -0.3 is 14.6 Å². The molecule has 6 nitrogen and oxygen atoms in total. The van der Waals surface area contributed by atoms with Crippen molar-refractivity contribution in [3.05, 3.63) is 33.8 Å². The Kier molecular flexibility index (Phi) is 7.90. The number of cyclic esters (lactones) is 1. The van der Waals surface area contributed by atoms with Gasteiger partial charge in [0.15, 0.2) is 5.79 Å². The van der Waals surface area contributed by atoms with Crippen molar-refractivity contribution in [2.24, 2.45) is 17.3 Å². The van der Waals surface area contributed by atoms with Gasteiger partial charge in [0, 0.05) is 29.2 Å². The molecule has 3 rings (SSSR count). The highest BCUT2D eigenvalue weighted by Crippen LogP contribution is 2.53. The van der Waals surface area contributed by atoms with Gasteiger partial charge in [-0.1, -0.05) is 32.8 Å². The van der Waals surface area contributed by atoms with E-state index in [2.05, 4.69) is 11.9 Å². The fourth-order valence-corrected chi connectivity index (χ4v) is 5.53. The van der Waals surface area contributed by atoms with E-state index < -0.39 is 28.9 Å². The largest absolute Gasteiger partial charge is 0.454 e. The van der Waals surface area contributed by atoms with E-state index >= 15 is 0 Å². The summed E-state index contributed by atoms with van der Waals surface area (Å²) in [4.78, 5) is 30.3. The van der Waals surface area contributed by atoms with Crippen LogP contribution in [0.5, 0.6) is 0 Å². The van der Waals surface area contributed by atoms with Gasteiger partial charge in [-0.2, -0.15) is 0 Å². The second-order valence-electron chi connectivity index (χ2n) is 11.0. The summed E-state index contributed by atoms with van der Waals surface area (Å²) in [5, 5.41) is 14.1. The van der Waals surface area contributed by atoms with Crippen LogP contribution in [0.1, 0.15) is 84.3 Å². The number of fused-ring (bicyclic) bond motifs is 1. The zero-order chi connectivity index (χ0) is 25.3. The highest BCUT2D eigenvalue weighted by Gasteiger charge is 2.66. The first-order valence-corrected chi connectivity index (χ1v) is 13.1. The molecule has 1 fully saturated rings. The number of Topliss-reactive ketones (excluding diaryl/α,β-unsaturated/α-hetero) is 1. The molecule has 0 radical (unpaired) electrons. The van der Waals surface area contributed by atoms with Crippen LogP contribution in [0.4, 0.5) is 0 Å². The molecule has 0 aromatic carbocycles. The van der Waals surface area contributed by atoms with E-state index in [1.165, 1.54) is 6.08 Å². The molecule has 5 unspecified atom stereocenters. The number of aliphatic hydroxyl groups is 1. The van der Waals surface area contributed by atoms with Crippen LogP contribution < -0.4 is 0 Å². The summed E-state index contributed by atoms with van der Waals surface area (Å²) in [5.74, 6) is -1.51. The summed E-state index contributed by atoms with van der Waals surface area (Å²) in [5.41, 5.74) is 0.118. The molecule has 2 aliphatic rings. The molecule has 34 heavy (non-hydrogen) atoms. The second kappa shape index (κ2) is 10.0. The van der Waals surface area contributed by atoms with E-state index in [4.69, 9.17) is 9.47 Å². The monoisotopic (exact) mass is 489 g/mol. The van der Waals surface area contributed by atoms with Gasteiger partial charge in [-0.3, -0.25) is 4.79 Å². The Hall–Kier alpha value is -1.83. The molecule has 0 aliphatic carbocycles. The number of thiazole rings is 1. The number of nitrogens with zero attached hydrogens (tertiary/aromatic N) is 1. The summed E-state index contributed by atoms with van der Waals surface area (Å²) < 4.78 is 11.6. The van der Waals surface area contributed by atoms with Crippen molar-refractivity contribution in [2.45, 2.75) is 98.1 Å². The van der Waals surface area contributed by atoms with Crippen LogP contribution in [0, 0.1) is 24.2 Å². The minimum atomic E-state index is -1.35. The van der Waals surface area contributed by atoms with Crippen LogP contribution in [0.2, 0.25) is 0 Å². The first-order chi connectivity index (χ1) is 15.7. The lowest BCUT2D eigenvalue weighted by Gasteiger charge is -2.26. The van der Waals surface area contributed by atoms with Crippen molar-refractivity contribution in [3.8, 4) is 0 Å². The smallest absolute Gasteiger partial charge is 0.331 e. The number of rotatable bonds is 2. The summed E-state index contributed by atoms with van der Waals surface area (Å²) in [7, 11) is 0. The highest BCUT2D eigenvalue weighted by atomic mass is 32.1. The minimum absolute atomic E-state index is 0.109. The molecule has 5 atom stereocenters. The number of hydrogen-bond acceptors (Lipinski definition) is 7. The Bertz CT molecular complexity index is 979. The predicted molar refractivity (Wildman–Crippen MR) is 134 cm³/mol. The predicted octanol–water partition coefficient (Wildman–Crippen LogP) is 5.63. The third-order valence-corrected chi connectivity index (χ3v) is 8.04. The Morgan fingerprint density at radius 1 is 1.26 bits per heavy atom. The Morgan fingerprint density at radius 3 is 2.62 bits per heavy atom. The number of carbonyl (C=O) groups is 2. The Balaban J connectivity index is 1.89. The normalized spacial score (nSPS) is 36.5. The number of ketones is 1. The highest BCUT2D eigenvalue weighted by molar-refractivity contribution is 7.09. The third kappa shape index (κ3) is 6.23. The topological polar surface area (TPSA) is 89.0 Å². The molecule has 7 heteroatoms. The lowest BCUT2D eigenvalue weighted by molar-refractivity contribution is -0.143. The lowest BCUT2D eigenvalue weighted by atomic mass is 9.78. The van der Waals surface area contributed by atoms with E-state index in [-0.39, 0.29) is 18.1 Å². The molecule has 0 spiro atoms. The van der Waals surface area contributed by atoms with E-state index in [0.717, 1.165) is 35.5 Å². The number of allylic oxidation sites excluding steroid dienone is 1. The van der Waals surface area contributed by atoms with Gasteiger partial charge in [-0.15, -0.1) is 11.3 Å². The fourth-order valence-electron chi connectivity index (χ4n) is 4.96. The molecule has 0 saturated carbocycles. The van der Waals surface area contributed by atoms with Crippen molar-refractivity contribution in [3.63, 3.8) is 0 Å². The maximum absolute atomic E-state index is 13.1. The zero-order valence-corrected chi connectivity index (χ0v) is 22.3. The van der Waals surface area contributed by atoms with Crippen molar-refractivity contribution in [1.29, 1.82) is 0 Å². The molecular formula is C27H39NO5S. The number of aromatic nitrogens is 1. The molecule has 1 aromatic heterocycles. The van der Waals surface area contributed by atoms with E-state index in [1.54, 1.807) is 17.4 Å². The average Bonchev–Trinajstić information content (AvgIpc) is 3.02. The zero-order valence-electron chi connectivity index (χ0n) is 21.5. The maximum Gasteiger partial charge on any atom is 0.331 e. The van der Waals surface area contributed by atoms with Gasteiger partial charge in [0.05, 0.1) is 10.7 Å². The van der Waals surface area contributed by atoms with Gasteiger partial charge in [0.2, 0.25) is 0 Å². The third-order valence-electron chi connectivity index (χ3n) is 7.24. The standard InChI is InChI=1S/C27H39NO5S/c1-17-9-8-11-26(7)27(31,33-26)15-22(18(2)14-21-16-34-20(4)28-21)32-23(29)10-12-25(5,6)24(30)19(3)13-17/h10,12,14,16-17,19,22,31H,8-9,11,13,15H2,1-7H3/b12-10+,18-14?. The lowest BCUT2D eigenvalue weighted by Crippen LogP contribution is -2.32. The SMILES string of the molecule is CC(=Cc1csc(C)n1)C1CC2(O)OC2(C)CCCC(C)CC(C)C(=O)C(C)(C)/C=C/C(=O)O1. The van der Waals surface area contributed by atoms with Crippen LogP contribution in [0.25, 0.3) is 6.08 Å². The molecule has 188 valence electrons. The maximum atomic E-state index is 13.1. The van der Waals surface area contributed by atoms with Gasteiger partial charge in [-0.25, -0.2) is 9.78 Å². The second-order valence-corrected chi connectivity index (χ2v) is 12.0. The Morgan fingerprint density at radius 2 is 1.97 bits per heavy atom. The molecule has 1 aromatic rings. The van der Waals surface area contributed by atoms with E-state index in [0.29, 0.717) is 12.3 Å². The number of ether oxygens (including phenoxy) is 2.